The van der Waals surface area contributed by atoms with E-state index in [1.54, 1.807) is 43.3 Å². The summed E-state index contributed by atoms with van der Waals surface area (Å²) >= 11 is 0. The maximum absolute atomic E-state index is 11.9. The maximum atomic E-state index is 11.9. The number of benzene rings is 1. The highest BCUT2D eigenvalue weighted by Crippen LogP contribution is 2.20. The van der Waals surface area contributed by atoms with Gasteiger partial charge in [0.15, 0.2) is 6.23 Å². The van der Waals surface area contributed by atoms with Crippen LogP contribution in [0.15, 0.2) is 58.3 Å². The van der Waals surface area contributed by atoms with E-state index in [0.29, 0.717) is 11.1 Å². The summed E-state index contributed by atoms with van der Waals surface area (Å²) in [5.74, 6) is -0.437. The fraction of sp³-hybridized carbons (Fsp3) is 0.235. The zero-order valence-electron chi connectivity index (χ0n) is 13.0. The summed E-state index contributed by atoms with van der Waals surface area (Å²) in [7, 11) is 0. The quantitative estimate of drug-likeness (QED) is 0.672. The smallest absolute Gasteiger partial charge is 0.338 e. The fourth-order valence-electron chi connectivity index (χ4n) is 2.33. The van der Waals surface area contributed by atoms with E-state index in [1.165, 1.54) is 10.8 Å². The molecule has 7 nitrogen and oxygen atoms in total. The lowest BCUT2D eigenvalue weighted by atomic mass is 10.2. The van der Waals surface area contributed by atoms with Crippen molar-refractivity contribution < 1.29 is 14.3 Å². The number of hydrogen-bond acceptors (Lipinski definition) is 5. The zero-order valence-corrected chi connectivity index (χ0v) is 13.0. The SMILES string of the molecule is Cc1cn([C@@H]2C=C[C@@H](COC(=O)c3ccccc3)O2)c(=O)[nH]c1=O. The Labute approximate surface area is 137 Å². The first kappa shape index (κ1) is 15.9. The molecule has 0 saturated carbocycles. The highest BCUT2D eigenvalue weighted by molar-refractivity contribution is 5.89. The van der Waals surface area contributed by atoms with Crippen LogP contribution in [0.5, 0.6) is 0 Å². The molecule has 24 heavy (non-hydrogen) atoms. The molecule has 1 N–H and O–H groups in total. The van der Waals surface area contributed by atoms with Gasteiger partial charge >= 0.3 is 11.7 Å². The number of hydrogen-bond donors (Lipinski definition) is 1. The Morgan fingerprint density at radius 3 is 2.75 bits per heavy atom. The lowest BCUT2D eigenvalue weighted by Crippen LogP contribution is -2.33. The number of carbonyl (C=O) groups is 1. The van der Waals surface area contributed by atoms with Crippen molar-refractivity contribution in [3.63, 3.8) is 0 Å². The lowest BCUT2D eigenvalue weighted by molar-refractivity contribution is -0.0223. The second kappa shape index (κ2) is 6.67. The molecular formula is C17H16N2O5. The molecule has 0 bridgehead atoms. The third-order valence-corrected chi connectivity index (χ3v) is 3.61. The van der Waals surface area contributed by atoms with Crippen LogP contribution in [0.25, 0.3) is 0 Å². The monoisotopic (exact) mass is 328 g/mol. The van der Waals surface area contributed by atoms with E-state index in [1.807, 2.05) is 6.07 Å². The highest BCUT2D eigenvalue weighted by Gasteiger charge is 2.23. The van der Waals surface area contributed by atoms with Crippen LogP contribution in [0.4, 0.5) is 0 Å². The van der Waals surface area contributed by atoms with Crippen LogP contribution in [-0.2, 0) is 9.47 Å². The van der Waals surface area contributed by atoms with Gasteiger partial charge in [0, 0.05) is 11.8 Å². The molecule has 2 atom stereocenters. The molecular weight excluding hydrogens is 312 g/mol. The molecule has 0 spiro atoms. The van der Waals surface area contributed by atoms with Crippen LogP contribution in [0.2, 0.25) is 0 Å². The predicted octanol–water partition coefficient (Wildman–Crippen LogP) is 1.16. The molecule has 2 heterocycles. The summed E-state index contributed by atoms with van der Waals surface area (Å²) in [5, 5.41) is 0. The minimum Gasteiger partial charge on any atom is -0.459 e. The van der Waals surface area contributed by atoms with Gasteiger partial charge in [-0.3, -0.25) is 14.3 Å². The zero-order chi connectivity index (χ0) is 17.1. The summed E-state index contributed by atoms with van der Waals surface area (Å²) in [4.78, 5) is 37.4. The van der Waals surface area contributed by atoms with Gasteiger partial charge in [0.05, 0.1) is 5.56 Å². The molecule has 0 aliphatic carbocycles. The van der Waals surface area contributed by atoms with Crippen LogP contribution in [0.1, 0.15) is 22.1 Å². The molecule has 1 aromatic carbocycles. The van der Waals surface area contributed by atoms with E-state index in [9.17, 15) is 14.4 Å². The molecule has 1 aliphatic rings. The predicted molar refractivity (Wildman–Crippen MR) is 85.8 cm³/mol. The first-order valence-electron chi connectivity index (χ1n) is 7.42. The maximum Gasteiger partial charge on any atom is 0.338 e. The Morgan fingerprint density at radius 2 is 2.00 bits per heavy atom. The number of H-pyrrole nitrogens is 1. The number of aromatic nitrogens is 2. The third kappa shape index (κ3) is 3.36. The van der Waals surface area contributed by atoms with E-state index in [-0.39, 0.29) is 6.61 Å². The molecule has 0 radical (unpaired) electrons. The van der Waals surface area contributed by atoms with E-state index >= 15 is 0 Å². The summed E-state index contributed by atoms with van der Waals surface area (Å²) in [6.07, 6.45) is 3.74. The second-order valence-electron chi connectivity index (χ2n) is 5.39. The Balaban J connectivity index is 1.62. The Kier molecular flexibility index (Phi) is 4.43. The number of aryl methyl sites for hydroxylation is 1. The van der Waals surface area contributed by atoms with Crippen LogP contribution >= 0.6 is 0 Å². The second-order valence-corrected chi connectivity index (χ2v) is 5.39. The summed E-state index contributed by atoms with van der Waals surface area (Å²) in [5.41, 5.74) is -0.109. The molecule has 2 aromatic rings. The van der Waals surface area contributed by atoms with Gasteiger partial charge < -0.3 is 9.47 Å². The van der Waals surface area contributed by atoms with Crippen molar-refractivity contribution in [2.75, 3.05) is 6.61 Å². The number of nitrogens with one attached hydrogen (secondary N) is 1. The molecule has 0 amide bonds. The van der Waals surface area contributed by atoms with Crippen molar-refractivity contribution in [3.05, 3.63) is 80.6 Å². The molecule has 124 valence electrons. The standard InChI is InChI=1S/C17H16N2O5/c1-11-9-19(17(22)18-15(11)20)14-8-7-13(24-14)10-23-16(21)12-5-3-2-4-6-12/h2-9,13-14H,10H2,1H3,(H,18,20,22)/t13-,14-/m0/s1. The molecule has 0 saturated heterocycles. The number of esters is 1. The van der Waals surface area contributed by atoms with Crippen molar-refractivity contribution >= 4 is 5.97 Å². The molecule has 0 fully saturated rings. The van der Waals surface area contributed by atoms with Crippen LogP contribution < -0.4 is 11.2 Å². The number of ether oxygens (including phenoxy) is 2. The van der Waals surface area contributed by atoms with Crippen molar-refractivity contribution in [1.82, 2.24) is 9.55 Å². The van der Waals surface area contributed by atoms with Crippen LogP contribution in [0, 0.1) is 6.92 Å². The summed E-state index contributed by atoms with van der Waals surface area (Å²) in [6.45, 7) is 1.64. The van der Waals surface area contributed by atoms with E-state index in [2.05, 4.69) is 4.98 Å². The van der Waals surface area contributed by atoms with Crippen LogP contribution in [-0.4, -0.2) is 28.2 Å². The van der Waals surface area contributed by atoms with Gasteiger partial charge in [-0.1, -0.05) is 24.3 Å². The van der Waals surface area contributed by atoms with Gasteiger partial charge in [-0.25, -0.2) is 9.59 Å². The Hall–Kier alpha value is -2.93. The van der Waals surface area contributed by atoms with E-state index in [0.717, 1.165) is 0 Å². The topological polar surface area (TPSA) is 90.4 Å². The lowest BCUT2D eigenvalue weighted by Gasteiger charge is -2.16. The number of aromatic amines is 1. The minimum absolute atomic E-state index is 0.0395. The first-order valence-corrected chi connectivity index (χ1v) is 7.42. The minimum atomic E-state index is -0.645. The van der Waals surface area contributed by atoms with Gasteiger partial charge in [0.25, 0.3) is 5.56 Å². The Morgan fingerprint density at radius 1 is 1.25 bits per heavy atom. The first-order chi connectivity index (χ1) is 11.5. The van der Waals surface area contributed by atoms with Gasteiger partial charge in [0.1, 0.15) is 12.7 Å². The fourth-order valence-corrected chi connectivity index (χ4v) is 2.33. The highest BCUT2D eigenvalue weighted by atomic mass is 16.6. The van der Waals surface area contributed by atoms with E-state index < -0.39 is 29.6 Å². The number of nitrogens with zero attached hydrogens (tertiary/aromatic N) is 1. The summed E-state index contributed by atoms with van der Waals surface area (Å²) < 4.78 is 12.2. The molecule has 0 unspecified atom stereocenters. The van der Waals surface area contributed by atoms with Gasteiger partial charge in [-0.05, 0) is 25.1 Å². The molecule has 1 aliphatic heterocycles. The third-order valence-electron chi connectivity index (χ3n) is 3.61. The molecule has 7 heteroatoms. The average Bonchev–Trinajstić information content (AvgIpc) is 3.05. The van der Waals surface area contributed by atoms with Crippen molar-refractivity contribution in [3.8, 4) is 0 Å². The van der Waals surface area contributed by atoms with Crippen molar-refractivity contribution in [2.45, 2.75) is 19.3 Å². The Bertz CT molecular complexity index is 882. The van der Waals surface area contributed by atoms with Gasteiger partial charge in [-0.15, -0.1) is 0 Å². The number of rotatable bonds is 4. The molecule has 1 aromatic heterocycles. The average molecular weight is 328 g/mol. The van der Waals surface area contributed by atoms with Crippen molar-refractivity contribution in [1.29, 1.82) is 0 Å². The van der Waals surface area contributed by atoms with Gasteiger partial charge in [-0.2, -0.15) is 0 Å². The molecule has 3 rings (SSSR count). The van der Waals surface area contributed by atoms with E-state index in [4.69, 9.17) is 9.47 Å². The largest absolute Gasteiger partial charge is 0.459 e. The number of carbonyl (C=O) groups excluding carboxylic acids is 1. The normalized spacial score (nSPS) is 19.4. The summed E-state index contributed by atoms with van der Waals surface area (Å²) in [6, 6.07) is 8.65. The van der Waals surface area contributed by atoms with Gasteiger partial charge in [0.2, 0.25) is 0 Å². The van der Waals surface area contributed by atoms with Crippen molar-refractivity contribution in [2.24, 2.45) is 0 Å². The van der Waals surface area contributed by atoms with Crippen LogP contribution in [0.3, 0.4) is 0 Å².